The van der Waals surface area contributed by atoms with Gasteiger partial charge in [-0.2, -0.15) is 0 Å². The number of nitrogens with one attached hydrogen (secondary N) is 2. The SMILES string of the molecule is C[C@@](O)(CSc1ccc(NC(=O)CCl)cc1)C(=O)Nc1ccc([N+](=O)[O-])cc1. The van der Waals surface area contributed by atoms with E-state index in [0.29, 0.717) is 11.4 Å². The molecular weight excluding hydrogens is 406 g/mol. The van der Waals surface area contributed by atoms with Crippen molar-refractivity contribution in [1.29, 1.82) is 0 Å². The molecule has 8 nitrogen and oxygen atoms in total. The number of amides is 2. The van der Waals surface area contributed by atoms with Crippen LogP contribution in [-0.2, 0) is 9.59 Å². The smallest absolute Gasteiger partial charge is 0.269 e. The van der Waals surface area contributed by atoms with Gasteiger partial charge in [-0.25, -0.2) is 0 Å². The number of nitro benzene ring substituents is 1. The van der Waals surface area contributed by atoms with Crippen LogP contribution < -0.4 is 10.6 Å². The average molecular weight is 424 g/mol. The maximum atomic E-state index is 12.3. The van der Waals surface area contributed by atoms with Crippen LogP contribution >= 0.6 is 23.4 Å². The summed E-state index contributed by atoms with van der Waals surface area (Å²) in [5.74, 6) is -0.990. The van der Waals surface area contributed by atoms with E-state index >= 15 is 0 Å². The number of carbonyl (C=O) groups excluding carboxylic acids is 2. The molecule has 0 saturated heterocycles. The van der Waals surface area contributed by atoms with Crippen molar-refractivity contribution >= 4 is 52.2 Å². The molecule has 0 aromatic heterocycles. The van der Waals surface area contributed by atoms with Crippen LogP contribution in [0.3, 0.4) is 0 Å². The Morgan fingerprint density at radius 1 is 1.11 bits per heavy atom. The van der Waals surface area contributed by atoms with Crippen molar-refractivity contribution in [3.05, 3.63) is 58.6 Å². The standard InChI is InChI=1S/C18H18ClN3O5S/c1-18(25,17(24)21-13-2-6-14(7-3-13)22(26)27)11-28-15-8-4-12(5-9-15)20-16(23)10-19/h2-9,25H,10-11H2,1H3,(H,20,23)(H,21,24)/t18-/m1/s1. The van der Waals surface area contributed by atoms with Crippen LogP contribution in [0.1, 0.15) is 6.92 Å². The maximum Gasteiger partial charge on any atom is 0.269 e. The third-order valence-corrected chi connectivity index (χ3v) is 5.16. The lowest BCUT2D eigenvalue weighted by Gasteiger charge is -2.22. The molecule has 0 bridgehead atoms. The van der Waals surface area contributed by atoms with Crippen molar-refractivity contribution in [3.63, 3.8) is 0 Å². The van der Waals surface area contributed by atoms with Gasteiger partial charge in [-0.3, -0.25) is 19.7 Å². The summed E-state index contributed by atoms with van der Waals surface area (Å²) in [6.45, 7) is 1.38. The molecule has 0 radical (unpaired) electrons. The quantitative estimate of drug-likeness (QED) is 0.259. The summed E-state index contributed by atoms with van der Waals surface area (Å²) in [5, 5.41) is 26.2. The van der Waals surface area contributed by atoms with E-state index in [1.54, 1.807) is 24.3 Å². The number of non-ortho nitro benzene ring substituents is 1. The monoisotopic (exact) mass is 423 g/mol. The van der Waals surface area contributed by atoms with Crippen LogP contribution in [0.2, 0.25) is 0 Å². The molecule has 0 aliphatic carbocycles. The normalized spacial score (nSPS) is 12.7. The number of aliphatic hydroxyl groups is 1. The third-order valence-electron chi connectivity index (χ3n) is 3.60. The molecule has 0 spiro atoms. The molecule has 2 aromatic rings. The minimum Gasteiger partial charge on any atom is -0.379 e. The Labute approximate surface area is 170 Å². The summed E-state index contributed by atoms with van der Waals surface area (Å²) in [6, 6.07) is 12.2. The van der Waals surface area contributed by atoms with Crippen molar-refractivity contribution in [1.82, 2.24) is 0 Å². The van der Waals surface area contributed by atoms with E-state index in [2.05, 4.69) is 10.6 Å². The number of nitro groups is 1. The number of rotatable bonds is 8. The molecule has 148 valence electrons. The molecular formula is C18H18ClN3O5S. The van der Waals surface area contributed by atoms with Crippen molar-refractivity contribution in [2.45, 2.75) is 17.4 Å². The largest absolute Gasteiger partial charge is 0.379 e. The molecule has 0 fully saturated rings. The zero-order valence-electron chi connectivity index (χ0n) is 14.8. The molecule has 2 amide bonds. The molecule has 1 atom stereocenters. The van der Waals surface area contributed by atoms with Gasteiger partial charge in [0.15, 0.2) is 0 Å². The molecule has 10 heteroatoms. The van der Waals surface area contributed by atoms with Gasteiger partial charge in [0.2, 0.25) is 5.91 Å². The number of hydrogen-bond donors (Lipinski definition) is 3. The van der Waals surface area contributed by atoms with E-state index in [1.165, 1.54) is 43.0 Å². The van der Waals surface area contributed by atoms with E-state index in [4.69, 9.17) is 11.6 Å². The minimum atomic E-state index is -1.67. The van der Waals surface area contributed by atoms with Gasteiger partial charge in [-0.05, 0) is 43.3 Å². The summed E-state index contributed by atoms with van der Waals surface area (Å²) < 4.78 is 0. The number of hydrogen-bond acceptors (Lipinski definition) is 6. The predicted molar refractivity (Wildman–Crippen MR) is 109 cm³/mol. The first-order chi connectivity index (χ1) is 13.2. The number of alkyl halides is 1. The van der Waals surface area contributed by atoms with Gasteiger partial charge < -0.3 is 15.7 Å². The molecule has 3 N–H and O–H groups in total. The molecule has 0 aliphatic rings. The Bertz CT molecular complexity index is 857. The van der Waals surface area contributed by atoms with E-state index in [-0.39, 0.29) is 23.2 Å². The summed E-state index contributed by atoms with van der Waals surface area (Å²) in [7, 11) is 0. The zero-order chi connectivity index (χ0) is 20.7. The highest BCUT2D eigenvalue weighted by Gasteiger charge is 2.30. The lowest BCUT2D eigenvalue weighted by molar-refractivity contribution is -0.384. The van der Waals surface area contributed by atoms with Crippen LogP contribution in [0, 0.1) is 10.1 Å². The Morgan fingerprint density at radius 2 is 1.64 bits per heavy atom. The van der Waals surface area contributed by atoms with Gasteiger partial charge in [0.05, 0.1) is 4.92 Å². The van der Waals surface area contributed by atoms with Gasteiger partial charge in [0.25, 0.3) is 11.6 Å². The Balaban J connectivity index is 1.92. The zero-order valence-corrected chi connectivity index (χ0v) is 16.4. The van der Waals surface area contributed by atoms with E-state index < -0.39 is 16.4 Å². The molecule has 2 rings (SSSR count). The second-order valence-electron chi connectivity index (χ2n) is 6.03. The first-order valence-electron chi connectivity index (χ1n) is 8.08. The van der Waals surface area contributed by atoms with E-state index in [9.17, 15) is 24.8 Å². The minimum absolute atomic E-state index is 0.0825. The summed E-state index contributed by atoms with van der Waals surface area (Å²) >= 11 is 6.70. The first-order valence-corrected chi connectivity index (χ1v) is 9.60. The topological polar surface area (TPSA) is 122 Å². The number of nitrogens with zero attached hydrogens (tertiary/aromatic N) is 1. The van der Waals surface area contributed by atoms with Crippen molar-refractivity contribution in [2.75, 3.05) is 22.3 Å². The van der Waals surface area contributed by atoms with Crippen molar-refractivity contribution in [2.24, 2.45) is 0 Å². The first kappa shape index (κ1) is 21.7. The summed E-state index contributed by atoms with van der Waals surface area (Å²) in [5.41, 5.74) is -0.818. The number of anilines is 2. The van der Waals surface area contributed by atoms with Crippen LogP contribution in [0.4, 0.5) is 17.1 Å². The molecule has 0 unspecified atom stereocenters. The highest BCUT2D eigenvalue weighted by atomic mass is 35.5. The second-order valence-corrected chi connectivity index (χ2v) is 7.34. The van der Waals surface area contributed by atoms with E-state index in [1.807, 2.05) is 0 Å². The molecule has 0 heterocycles. The van der Waals surface area contributed by atoms with E-state index in [0.717, 1.165) is 4.90 Å². The second kappa shape index (κ2) is 9.54. The fourth-order valence-corrected chi connectivity index (χ4v) is 3.02. The van der Waals surface area contributed by atoms with Gasteiger partial charge in [0.1, 0.15) is 11.5 Å². The molecule has 0 aliphatic heterocycles. The lowest BCUT2D eigenvalue weighted by atomic mass is 10.1. The van der Waals surface area contributed by atoms with Crippen molar-refractivity contribution in [3.8, 4) is 0 Å². The highest BCUT2D eigenvalue weighted by Crippen LogP contribution is 2.25. The molecule has 0 saturated carbocycles. The van der Waals surface area contributed by atoms with Crippen LogP contribution in [0.15, 0.2) is 53.4 Å². The van der Waals surface area contributed by atoms with Gasteiger partial charge >= 0.3 is 0 Å². The average Bonchev–Trinajstić information content (AvgIpc) is 2.67. The number of carbonyl (C=O) groups is 2. The van der Waals surface area contributed by atoms with Gasteiger partial charge in [-0.1, -0.05) is 0 Å². The third kappa shape index (κ3) is 6.22. The number of thioether (sulfide) groups is 1. The van der Waals surface area contributed by atoms with Crippen molar-refractivity contribution < 1.29 is 19.6 Å². The Kier molecular flexibility index (Phi) is 7.38. The van der Waals surface area contributed by atoms with Crippen LogP contribution in [0.25, 0.3) is 0 Å². The molecule has 2 aromatic carbocycles. The van der Waals surface area contributed by atoms with Crippen LogP contribution in [-0.4, -0.2) is 39.1 Å². The highest BCUT2D eigenvalue weighted by molar-refractivity contribution is 7.99. The fourth-order valence-electron chi connectivity index (χ4n) is 2.05. The van der Waals surface area contributed by atoms with Gasteiger partial charge in [0, 0.05) is 34.2 Å². The number of halogens is 1. The Hall–Kier alpha value is -2.62. The summed E-state index contributed by atoms with van der Waals surface area (Å²) in [4.78, 5) is 34.5. The van der Waals surface area contributed by atoms with Gasteiger partial charge in [-0.15, -0.1) is 23.4 Å². The summed E-state index contributed by atoms with van der Waals surface area (Å²) in [6.07, 6.45) is 0. The van der Waals surface area contributed by atoms with Crippen LogP contribution in [0.5, 0.6) is 0 Å². The lowest BCUT2D eigenvalue weighted by Crippen LogP contribution is -2.42. The predicted octanol–water partition coefficient (Wildman–Crippen LogP) is 3.25. The maximum absolute atomic E-state index is 12.3. The Morgan fingerprint density at radius 3 is 2.18 bits per heavy atom. The number of benzene rings is 2. The fraction of sp³-hybridized carbons (Fsp3) is 0.222. The molecule has 28 heavy (non-hydrogen) atoms.